The molecule has 13 nitrogen and oxygen atoms in total. The van der Waals surface area contributed by atoms with E-state index in [1.807, 2.05) is 19.1 Å². The van der Waals surface area contributed by atoms with E-state index < -0.39 is 68.0 Å². The van der Waals surface area contributed by atoms with Gasteiger partial charge in [0.1, 0.15) is 54.2 Å². The first-order valence-corrected chi connectivity index (χ1v) is 20.6. The van der Waals surface area contributed by atoms with Gasteiger partial charge in [0.15, 0.2) is 0 Å². The molecule has 13 heteroatoms. The lowest BCUT2D eigenvalue weighted by Gasteiger charge is -2.40. The van der Waals surface area contributed by atoms with Gasteiger partial charge < -0.3 is 64.9 Å². The Kier molecular flexibility index (Phi) is 22.9. The summed E-state index contributed by atoms with van der Waals surface area (Å²) in [6, 6.07) is 10.6. The summed E-state index contributed by atoms with van der Waals surface area (Å²) in [6.07, 6.45) is -10.3. The van der Waals surface area contributed by atoms with Crippen LogP contribution in [-0.4, -0.2) is 114 Å². The number of aliphatic hydroxyl groups is 9. The summed E-state index contributed by atoms with van der Waals surface area (Å²) in [5, 5.41) is 88.0. The van der Waals surface area contributed by atoms with Crippen molar-refractivity contribution in [3.63, 3.8) is 0 Å². The van der Waals surface area contributed by atoms with Crippen LogP contribution in [0.3, 0.4) is 0 Å². The number of aliphatic hydroxyl groups excluding tert-OH is 9. The summed E-state index contributed by atoms with van der Waals surface area (Å²) >= 11 is 0. The van der Waals surface area contributed by atoms with E-state index in [1.165, 1.54) is 0 Å². The molecule has 58 heavy (non-hydrogen) atoms. The van der Waals surface area contributed by atoms with Crippen LogP contribution in [0.25, 0.3) is 0 Å². The molecule has 0 saturated carbocycles. The molecule has 0 bridgehead atoms. The van der Waals surface area contributed by atoms with Gasteiger partial charge in [0, 0.05) is 0 Å². The number of hydrogen-bond acceptors (Lipinski definition) is 13. The van der Waals surface area contributed by atoms with Crippen LogP contribution in [0.2, 0.25) is 0 Å². The van der Waals surface area contributed by atoms with Crippen LogP contribution < -0.4 is 9.47 Å². The van der Waals surface area contributed by atoms with Crippen LogP contribution in [0.5, 0.6) is 11.5 Å². The molecule has 2 aliphatic rings. The molecule has 0 aromatic heterocycles. The standard InChI is InChI=1S/C19H30O6.C18H28O7.2C4H10/c1-5-13-15(21)16(22)17(23)18(24-13)25-14-7-6-11(10-20)8-12(14)9-19(2,3)4;1-18(2,3)7-11-6-10(8-19)4-5-12(11)24-17-16(23)15(22)14(21)13(9-20)25-17;2*1-4(2)3/h6-8,13,15-18,20-23H,5,9-10H2,1-4H3;4-6,13-17,19-23H,7-9H2,1-3H3;2*4H,1-3H3. The summed E-state index contributed by atoms with van der Waals surface area (Å²) in [5.74, 6) is 2.66. The Balaban J connectivity index is 0.000000489. The fourth-order valence-corrected chi connectivity index (χ4v) is 5.88. The van der Waals surface area contributed by atoms with Gasteiger partial charge in [0.25, 0.3) is 0 Å². The normalized spacial score (nSPS) is 27.4. The minimum absolute atomic E-state index is 0.000110. The zero-order valence-corrected chi connectivity index (χ0v) is 37.3. The van der Waals surface area contributed by atoms with Crippen molar-refractivity contribution in [3.8, 4) is 11.5 Å². The Morgan fingerprint density at radius 1 is 0.534 bits per heavy atom. The van der Waals surface area contributed by atoms with E-state index in [2.05, 4.69) is 83.1 Å². The second kappa shape index (κ2) is 24.8. The molecule has 2 aromatic rings. The predicted octanol–water partition coefficient (Wildman–Crippen LogP) is 4.63. The maximum absolute atomic E-state index is 10.2. The molecule has 0 aliphatic carbocycles. The maximum Gasteiger partial charge on any atom is 0.229 e. The summed E-state index contributed by atoms with van der Waals surface area (Å²) in [6.45, 7) is 26.6. The average molecular weight is 827 g/mol. The molecule has 10 atom stereocenters. The van der Waals surface area contributed by atoms with Crippen molar-refractivity contribution in [2.75, 3.05) is 6.61 Å². The van der Waals surface area contributed by atoms with Gasteiger partial charge in [-0.3, -0.25) is 0 Å². The van der Waals surface area contributed by atoms with Crippen molar-refractivity contribution in [2.24, 2.45) is 22.7 Å². The fraction of sp³-hybridized carbons (Fsp3) is 0.733. The molecule has 2 aromatic carbocycles. The number of benzene rings is 2. The molecule has 10 unspecified atom stereocenters. The molecule has 0 radical (unpaired) electrons. The summed E-state index contributed by atoms with van der Waals surface area (Å²) < 4.78 is 22.7. The average Bonchev–Trinajstić information content (AvgIpc) is 3.11. The van der Waals surface area contributed by atoms with Crippen molar-refractivity contribution >= 4 is 0 Å². The second-order valence-electron chi connectivity index (χ2n) is 19.0. The lowest BCUT2D eigenvalue weighted by atomic mass is 9.87. The number of ether oxygens (including phenoxy) is 4. The second-order valence-corrected chi connectivity index (χ2v) is 19.0. The third-order valence-corrected chi connectivity index (χ3v) is 8.46. The van der Waals surface area contributed by atoms with E-state index in [9.17, 15) is 46.0 Å². The SMILES string of the molecule is CC(C)(C)Cc1cc(CO)ccc1OC1OC(CO)C(O)C(O)C1O.CC(C)C.CC(C)C.CCC1OC(Oc2ccc(CO)cc2CC(C)(C)C)C(O)C(O)C1O. The Morgan fingerprint density at radius 3 is 1.16 bits per heavy atom. The van der Waals surface area contributed by atoms with Gasteiger partial charge in [-0.15, -0.1) is 0 Å². The first-order chi connectivity index (χ1) is 26.8. The maximum atomic E-state index is 10.2. The Bertz CT molecular complexity index is 1320. The van der Waals surface area contributed by atoms with Crippen LogP contribution in [-0.2, 0) is 35.5 Å². The molecular formula is C45H78O13. The smallest absolute Gasteiger partial charge is 0.229 e. The summed E-state index contributed by atoms with van der Waals surface area (Å²) in [7, 11) is 0. The Morgan fingerprint density at radius 2 is 0.862 bits per heavy atom. The highest BCUT2D eigenvalue weighted by Gasteiger charge is 2.46. The van der Waals surface area contributed by atoms with Crippen molar-refractivity contribution in [2.45, 2.75) is 184 Å². The molecule has 4 rings (SSSR count). The monoisotopic (exact) mass is 827 g/mol. The number of rotatable bonds is 10. The molecule has 2 saturated heterocycles. The molecule has 0 amide bonds. The van der Waals surface area contributed by atoms with Crippen LogP contribution in [0, 0.1) is 22.7 Å². The van der Waals surface area contributed by atoms with Gasteiger partial charge in [-0.25, -0.2) is 0 Å². The zero-order chi connectivity index (χ0) is 44.7. The lowest BCUT2D eigenvalue weighted by molar-refractivity contribution is -0.277. The summed E-state index contributed by atoms with van der Waals surface area (Å²) in [5.41, 5.74) is 3.19. The van der Waals surface area contributed by atoms with Crippen molar-refractivity contribution < 1.29 is 64.9 Å². The fourth-order valence-electron chi connectivity index (χ4n) is 5.88. The predicted molar refractivity (Wildman–Crippen MR) is 224 cm³/mol. The van der Waals surface area contributed by atoms with E-state index in [0.717, 1.165) is 34.1 Å². The van der Waals surface area contributed by atoms with Crippen molar-refractivity contribution in [3.05, 3.63) is 58.7 Å². The Labute approximate surface area is 347 Å². The first-order valence-electron chi connectivity index (χ1n) is 20.6. The van der Waals surface area contributed by atoms with E-state index >= 15 is 0 Å². The van der Waals surface area contributed by atoms with Gasteiger partial charge in [0.05, 0.1) is 25.9 Å². The number of hydrogen-bond donors (Lipinski definition) is 9. The first kappa shape index (κ1) is 53.6. The molecule has 9 N–H and O–H groups in total. The van der Waals surface area contributed by atoms with Crippen LogP contribution in [0.15, 0.2) is 36.4 Å². The summed E-state index contributed by atoms with van der Waals surface area (Å²) in [4.78, 5) is 0. The third-order valence-electron chi connectivity index (χ3n) is 8.46. The van der Waals surface area contributed by atoms with Gasteiger partial charge >= 0.3 is 0 Å². The van der Waals surface area contributed by atoms with Gasteiger partial charge in [0.2, 0.25) is 12.6 Å². The lowest BCUT2D eigenvalue weighted by Crippen LogP contribution is -2.60. The highest BCUT2D eigenvalue weighted by molar-refractivity contribution is 5.39. The van der Waals surface area contributed by atoms with E-state index in [-0.39, 0.29) is 24.0 Å². The van der Waals surface area contributed by atoms with Gasteiger partial charge in [-0.05, 0) is 88.4 Å². The van der Waals surface area contributed by atoms with E-state index in [4.69, 9.17) is 18.9 Å². The Hall–Kier alpha value is -2.40. The van der Waals surface area contributed by atoms with Crippen molar-refractivity contribution in [1.82, 2.24) is 0 Å². The molecule has 336 valence electrons. The van der Waals surface area contributed by atoms with E-state index in [0.29, 0.717) is 30.8 Å². The molecule has 2 heterocycles. The molecular weight excluding hydrogens is 748 g/mol. The van der Waals surface area contributed by atoms with Crippen molar-refractivity contribution in [1.29, 1.82) is 0 Å². The highest BCUT2D eigenvalue weighted by Crippen LogP contribution is 2.33. The molecule has 2 fully saturated rings. The minimum atomic E-state index is -1.49. The quantitative estimate of drug-likeness (QED) is 0.160. The third kappa shape index (κ3) is 18.5. The molecule has 0 spiro atoms. The minimum Gasteiger partial charge on any atom is -0.462 e. The largest absolute Gasteiger partial charge is 0.462 e. The van der Waals surface area contributed by atoms with Crippen LogP contribution in [0.1, 0.15) is 119 Å². The van der Waals surface area contributed by atoms with E-state index in [1.54, 1.807) is 24.3 Å². The zero-order valence-electron chi connectivity index (χ0n) is 37.3. The van der Waals surface area contributed by atoms with Crippen LogP contribution in [0.4, 0.5) is 0 Å². The van der Waals surface area contributed by atoms with Crippen LogP contribution >= 0.6 is 0 Å². The van der Waals surface area contributed by atoms with Gasteiger partial charge in [-0.1, -0.05) is 102 Å². The molecule has 2 aliphatic heterocycles. The van der Waals surface area contributed by atoms with Gasteiger partial charge in [-0.2, -0.15) is 0 Å². The topological polar surface area (TPSA) is 219 Å². The highest BCUT2D eigenvalue weighted by atomic mass is 16.7.